The van der Waals surface area contributed by atoms with E-state index in [1.165, 1.54) is 12.1 Å². The normalized spacial score (nSPS) is 11.8. The number of hydrogen-bond acceptors (Lipinski definition) is 2. The quantitative estimate of drug-likeness (QED) is 0.460. The Labute approximate surface area is 195 Å². The predicted molar refractivity (Wildman–Crippen MR) is 129 cm³/mol. The molecular formula is C28H31FN2O2. The van der Waals surface area contributed by atoms with Crippen LogP contribution in [0.4, 0.5) is 4.39 Å². The molecule has 3 rings (SSSR count). The van der Waals surface area contributed by atoms with Crippen LogP contribution in [-0.4, -0.2) is 29.3 Å². The molecule has 0 fully saturated rings. The summed E-state index contributed by atoms with van der Waals surface area (Å²) >= 11 is 0. The van der Waals surface area contributed by atoms with E-state index < -0.39 is 6.04 Å². The maximum absolute atomic E-state index is 13.8. The zero-order valence-electron chi connectivity index (χ0n) is 19.2. The molecule has 0 spiro atoms. The Morgan fingerprint density at radius 2 is 1.39 bits per heavy atom. The van der Waals surface area contributed by atoms with Gasteiger partial charge in [-0.2, -0.15) is 0 Å². The summed E-state index contributed by atoms with van der Waals surface area (Å²) < 4.78 is 13.4. The van der Waals surface area contributed by atoms with Crippen molar-refractivity contribution in [2.45, 2.75) is 45.2 Å². The van der Waals surface area contributed by atoms with Crippen molar-refractivity contribution in [3.63, 3.8) is 0 Å². The molecular weight excluding hydrogens is 415 g/mol. The second-order valence-electron chi connectivity index (χ2n) is 8.04. The van der Waals surface area contributed by atoms with Gasteiger partial charge in [0.1, 0.15) is 11.9 Å². The van der Waals surface area contributed by atoms with E-state index in [2.05, 4.69) is 5.32 Å². The largest absolute Gasteiger partial charge is 0.355 e. The molecule has 172 valence electrons. The molecule has 2 amide bonds. The molecule has 0 saturated heterocycles. The van der Waals surface area contributed by atoms with Crippen LogP contribution in [0.15, 0.2) is 84.9 Å². The van der Waals surface area contributed by atoms with Gasteiger partial charge in [0, 0.05) is 25.4 Å². The van der Waals surface area contributed by atoms with Crippen molar-refractivity contribution in [2.24, 2.45) is 0 Å². The van der Waals surface area contributed by atoms with Gasteiger partial charge in [-0.05, 0) is 42.2 Å². The van der Waals surface area contributed by atoms with Gasteiger partial charge in [-0.15, -0.1) is 0 Å². The molecule has 3 aromatic carbocycles. The molecule has 0 radical (unpaired) electrons. The molecule has 0 heterocycles. The van der Waals surface area contributed by atoms with Crippen LogP contribution in [-0.2, 0) is 16.1 Å². The Kier molecular flexibility index (Phi) is 8.76. The number of halogens is 1. The van der Waals surface area contributed by atoms with E-state index in [9.17, 15) is 14.0 Å². The van der Waals surface area contributed by atoms with E-state index in [0.717, 1.165) is 16.7 Å². The second-order valence-corrected chi connectivity index (χ2v) is 8.04. The highest BCUT2D eigenvalue weighted by atomic mass is 19.1. The monoisotopic (exact) mass is 446 g/mol. The molecule has 4 nitrogen and oxygen atoms in total. The number of nitrogens with one attached hydrogen (secondary N) is 1. The lowest BCUT2D eigenvalue weighted by atomic mass is 9.88. The average Bonchev–Trinajstić information content (AvgIpc) is 2.84. The standard InChI is InChI=1S/C28H31FN2O2/c1-3-26(28(33)30-4-2)31(20-21-15-17-24(29)18-16-21)27(32)19-25(22-11-7-5-8-12-22)23-13-9-6-10-14-23/h5-18,25-26H,3-4,19-20H2,1-2H3,(H,30,33). The zero-order chi connectivity index (χ0) is 23.6. The van der Waals surface area contributed by atoms with Crippen LogP contribution in [0.5, 0.6) is 0 Å². The van der Waals surface area contributed by atoms with Gasteiger partial charge in [-0.3, -0.25) is 9.59 Å². The predicted octanol–water partition coefficient (Wildman–Crippen LogP) is 5.29. The Morgan fingerprint density at radius 1 is 0.848 bits per heavy atom. The third kappa shape index (κ3) is 6.51. The highest BCUT2D eigenvalue weighted by Crippen LogP contribution is 2.29. The molecule has 0 saturated carbocycles. The third-order valence-electron chi connectivity index (χ3n) is 5.79. The molecule has 1 N–H and O–H groups in total. The summed E-state index contributed by atoms with van der Waals surface area (Å²) in [6, 6.07) is 25.3. The zero-order valence-corrected chi connectivity index (χ0v) is 19.2. The number of amides is 2. The molecule has 1 unspecified atom stereocenters. The van der Waals surface area contributed by atoms with Crippen LogP contribution in [0.3, 0.4) is 0 Å². The first-order valence-corrected chi connectivity index (χ1v) is 11.4. The number of nitrogens with zero attached hydrogens (tertiary/aromatic N) is 1. The van der Waals surface area contributed by atoms with Gasteiger partial charge >= 0.3 is 0 Å². The molecule has 3 aromatic rings. The first-order valence-electron chi connectivity index (χ1n) is 11.4. The van der Waals surface area contributed by atoms with E-state index in [-0.39, 0.29) is 36.5 Å². The minimum Gasteiger partial charge on any atom is -0.355 e. The van der Waals surface area contributed by atoms with Crippen molar-refractivity contribution >= 4 is 11.8 Å². The number of carbonyl (C=O) groups is 2. The minimum absolute atomic E-state index is 0.116. The van der Waals surface area contributed by atoms with Crippen molar-refractivity contribution < 1.29 is 14.0 Å². The Hall–Kier alpha value is -3.47. The number of hydrogen-bond donors (Lipinski definition) is 1. The van der Waals surface area contributed by atoms with Gasteiger partial charge in [0.05, 0.1) is 0 Å². The maximum atomic E-state index is 13.8. The molecule has 0 aliphatic rings. The number of carbonyl (C=O) groups excluding carboxylic acids is 2. The summed E-state index contributed by atoms with van der Waals surface area (Å²) in [6.07, 6.45) is 0.714. The van der Waals surface area contributed by atoms with Crippen LogP contribution in [0.1, 0.15) is 49.3 Å². The molecule has 0 aliphatic heterocycles. The Bertz CT molecular complexity index is 983. The number of rotatable bonds is 10. The van der Waals surface area contributed by atoms with Gasteiger partial charge in [-0.25, -0.2) is 4.39 Å². The maximum Gasteiger partial charge on any atom is 0.242 e. The molecule has 0 aromatic heterocycles. The molecule has 5 heteroatoms. The highest BCUT2D eigenvalue weighted by molar-refractivity contribution is 5.88. The molecule has 33 heavy (non-hydrogen) atoms. The van der Waals surface area contributed by atoms with E-state index in [1.807, 2.05) is 74.5 Å². The first-order chi connectivity index (χ1) is 16.0. The van der Waals surface area contributed by atoms with E-state index in [4.69, 9.17) is 0 Å². The van der Waals surface area contributed by atoms with Crippen LogP contribution in [0, 0.1) is 5.82 Å². The minimum atomic E-state index is -0.602. The Morgan fingerprint density at radius 3 is 1.88 bits per heavy atom. The van der Waals surface area contributed by atoms with Crippen LogP contribution >= 0.6 is 0 Å². The van der Waals surface area contributed by atoms with Gasteiger partial charge in [0.25, 0.3) is 0 Å². The van der Waals surface area contributed by atoms with Crippen molar-refractivity contribution in [2.75, 3.05) is 6.54 Å². The number of likely N-dealkylation sites (N-methyl/N-ethyl adjacent to an activating group) is 1. The molecule has 1 atom stereocenters. The molecule has 0 bridgehead atoms. The van der Waals surface area contributed by atoms with Crippen molar-refractivity contribution in [1.29, 1.82) is 0 Å². The van der Waals surface area contributed by atoms with Gasteiger partial charge in [0.2, 0.25) is 11.8 Å². The van der Waals surface area contributed by atoms with Crippen molar-refractivity contribution in [1.82, 2.24) is 10.2 Å². The van der Waals surface area contributed by atoms with E-state index >= 15 is 0 Å². The van der Waals surface area contributed by atoms with E-state index in [0.29, 0.717) is 13.0 Å². The van der Waals surface area contributed by atoms with E-state index in [1.54, 1.807) is 17.0 Å². The summed E-state index contributed by atoms with van der Waals surface area (Å²) in [6.45, 7) is 4.49. The van der Waals surface area contributed by atoms with Gasteiger partial charge < -0.3 is 10.2 Å². The average molecular weight is 447 g/mol. The second kappa shape index (κ2) is 12.0. The fourth-order valence-corrected chi connectivity index (χ4v) is 4.09. The summed E-state index contributed by atoms with van der Waals surface area (Å²) in [5.41, 5.74) is 2.87. The smallest absolute Gasteiger partial charge is 0.242 e. The van der Waals surface area contributed by atoms with Gasteiger partial charge in [0.15, 0.2) is 0 Å². The molecule has 0 aliphatic carbocycles. The lowest BCUT2D eigenvalue weighted by Crippen LogP contribution is -2.49. The highest BCUT2D eigenvalue weighted by Gasteiger charge is 2.30. The number of benzene rings is 3. The summed E-state index contributed by atoms with van der Waals surface area (Å²) in [5, 5.41) is 2.85. The summed E-state index contributed by atoms with van der Waals surface area (Å²) in [5.74, 6) is -0.760. The fraction of sp³-hybridized carbons (Fsp3) is 0.286. The first kappa shape index (κ1) is 24.2. The van der Waals surface area contributed by atoms with Crippen LogP contribution in [0.2, 0.25) is 0 Å². The van der Waals surface area contributed by atoms with Crippen molar-refractivity contribution in [3.8, 4) is 0 Å². The lowest BCUT2D eigenvalue weighted by molar-refractivity contribution is -0.141. The summed E-state index contributed by atoms with van der Waals surface area (Å²) in [7, 11) is 0. The van der Waals surface area contributed by atoms with Crippen LogP contribution in [0.25, 0.3) is 0 Å². The topological polar surface area (TPSA) is 49.4 Å². The van der Waals surface area contributed by atoms with Crippen molar-refractivity contribution in [3.05, 3.63) is 107 Å². The van der Waals surface area contributed by atoms with Crippen LogP contribution < -0.4 is 5.32 Å². The summed E-state index contributed by atoms with van der Waals surface area (Å²) in [4.78, 5) is 28.2. The third-order valence-corrected chi connectivity index (χ3v) is 5.79. The SMILES string of the molecule is CCNC(=O)C(CC)N(Cc1ccc(F)cc1)C(=O)CC(c1ccccc1)c1ccccc1. The van der Waals surface area contributed by atoms with Gasteiger partial charge in [-0.1, -0.05) is 79.7 Å². The Balaban J connectivity index is 1.94. The lowest BCUT2D eigenvalue weighted by Gasteiger charge is -2.32. The fourth-order valence-electron chi connectivity index (χ4n) is 4.09.